The highest BCUT2D eigenvalue weighted by Gasteiger charge is 2.24. The van der Waals surface area contributed by atoms with Crippen molar-refractivity contribution in [2.45, 2.75) is 6.54 Å². The van der Waals surface area contributed by atoms with Crippen LogP contribution in [0.4, 0.5) is 0 Å². The van der Waals surface area contributed by atoms with Crippen molar-refractivity contribution in [3.05, 3.63) is 29.3 Å². The van der Waals surface area contributed by atoms with E-state index in [4.69, 9.17) is 9.47 Å². The fourth-order valence-corrected chi connectivity index (χ4v) is 1.78. The van der Waals surface area contributed by atoms with Crippen molar-refractivity contribution in [1.82, 2.24) is 4.90 Å². The lowest BCUT2D eigenvalue weighted by atomic mass is 10.1. The van der Waals surface area contributed by atoms with E-state index in [2.05, 4.69) is 0 Å². The van der Waals surface area contributed by atoms with Gasteiger partial charge >= 0.3 is 0 Å². The van der Waals surface area contributed by atoms with Gasteiger partial charge in [-0.25, -0.2) is 0 Å². The number of rotatable bonds is 4. The maximum absolute atomic E-state index is 11.6. The molecule has 0 aliphatic carbocycles. The smallest absolute Gasteiger partial charge is 0.254 e. The molecule has 1 heterocycles. The Morgan fingerprint density at radius 3 is 2.94 bits per heavy atom. The van der Waals surface area contributed by atoms with E-state index in [0.29, 0.717) is 19.8 Å². The van der Waals surface area contributed by atoms with Crippen molar-refractivity contribution in [3.63, 3.8) is 0 Å². The van der Waals surface area contributed by atoms with Gasteiger partial charge in [0.2, 0.25) is 0 Å². The van der Waals surface area contributed by atoms with Gasteiger partial charge in [-0.15, -0.1) is 0 Å². The van der Waals surface area contributed by atoms with Gasteiger partial charge in [-0.1, -0.05) is 0 Å². The molecule has 1 aliphatic rings. The predicted octanol–water partition coefficient (Wildman–Crippen LogP) is 1.30. The summed E-state index contributed by atoms with van der Waals surface area (Å²) in [5.41, 5.74) is 1.81. The van der Waals surface area contributed by atoms with E-state index in [1.807, 2.05) is 18.2 Å². The Morgan fingerprint density at radius 2 is 2.19 bits per heavy atom. The van der Waals surface area contributed by atoms with Crippen molar-refractivity contribution < 1.29 is 14.3 Å². The fourth-order valence-electron chi connectivity index (χ4n) is 1.78. The van der Waals surface area contributed by atoms with Crippen molar-refractivity contribution in [2.75, 3.05) is 27.4 Å². The molecule has 0 bridgehead atoms. The average molecular weight is 221 g/mol. The standard InChI is InChI=1S/C12H15NO3/c1-13-8-9-7-10(16-6-5-15-2)3-4-11(9)12(13)14/h3-4,7H,5-6,8H2,1-2H3. The van der Waals surface area contributed by atoms with Crippen LogP contribution in [-0.2, 0) is 11.3 Å². The van der Waals surface area contributed by atoms with Gasteiger partial charge in [0.25, 0.3) is 5.91 Å². The first-order valence-electron chi connectivity index (χ1n) is 5.22. The second kappa shape index (κ2) is 4.53. The Morgan fingerprint density at radius 1 is 1.38 bits per heavy atom. The number of fused-ring (bicyclic) bond motifs is 1. The summed E-state index contributed by atoms with van der Waals surface area (Å²) in [5.74, 6) is 0.873. The van der Waals surface area contributed by atoms with E-state index < -0.39 is 0 Å². The minimum atomic E-state index is 0.0819. The highest BCUT2D eigenvalue weighted by Crippen LogP contribution is 2.25. The molecule has 4 nitrogen and oxygen atoms in total. The van der Waals surface area contributed by atoms with E-state index in [-0.39, 0.29) is 5.91 Å². The topological polar surface area (TPSA) is 38.8 Å². The first-order chi connectivity index (χ1) is 7.72. The number of carbonyl (C=O) groups is 1. The molecule has 0 atom stereocenters. The largest absolute Gasteiger partial charge is 0.491 e. The molecule has 1 aromatic rings. The van der Waals surface area contributed by atoms with Crippen LogP contribution < -0.4 is 4.74 Å². The molecule has 0 saturated carbocycles. The van der Waals surface area contributed by atoms with Gasteiger partial charge in [0.1, 0.15) is 12.4 Å². The van der Waals surface area contributed by atoms with Gasteiger partial charge in [-0.3, -0.25) is 4.79 Å². The third-order valence-electron chi connectivity index (χ3n) is 2.62. The predicted molar refractivity (Wildman–Crippen MR) is 59.6 cm³/mol. The summed E-state index contributed by atoms with van der Waals surface area (Å²) < 4.78 is 10.4. The van der Waals surface area contributed by atoms with Crippen LogP contribution in [0.15, 0.2) is 18.2 Å². The Kier molecular flexibility index (Phi) is 3.10. The van der Waals surface area contributed by atoms with Gasteiger partial charge in [0.15, 0.2) is 0 Å². The molecule has 0 N–H and O–H groups in total. The normalized spacial score (nSPS) is 14.1. The van der Waals surface area contributed by atoms with E-state index in [0.717, 1.165) is 16.9 Å². The zero-order chi connectivity index (χ0) is 11.5. The number of amides is 1. The lowest BCUT2D eigenvalue weighted by Crippen LogP contribution is -2.17. The zero-order valence-electron chi connectivity index (χ0n) is 9.53. The number of methoxy groups -OCH3 is 1. The summed E-state index contributed by atoms with van der Waals surface area (Å²) in [6, 6.07) is 5.57. The third kappa shape index (κ3) is 2.02. The Labute approximate surface area is 94.8 Å². The van der Waals surface area contributed by atoms with Crippen LogP contribution in [0.1, 0.15) is 15.9 Å². The molecule has 86 valence electrons. The van der Waals surface area contributed by atoms with Crippen LogP contribution in [-0.4, -0.2) is 38.2 Å². The number of hydrogen-bond donors (Lipinski definition) is 0. The Balaban J connectivity index is 2.10. The van der Waals surface area contributed by atoms with Crippen LogP contribution >= 0.6 is 0 Å². The first kappa shape index (κ1) is 11.0. The highest BCUT2D eigenvalue weighted by atomic mass is 16.5. The van der Waals surface area contributed by atoms with Gasteiger partial charge in [-0.05, 0) is 23.8 Å². The molecule has 0 fully saturated rings. The summed E-state index contributed by atoms with van der Waals surface area (Å²) in [5, 5.41) is 0. The minimum Gasteiger partial charge on any atom is -0.491 e. The van der Waals surface area contributed by atoms with Crippen LogP contribution in [0, 0.1) is 0 Å². The lowest BCUT2D eigenvalue weighted by Gasteiger charge is -2.06. The van der Waals surface area contributed by atoms with Crippen molar-refractivity contribution in [2.24, 2.45) is 0 Å². The number of carbonyl (C=O) groups excluding carboxylic acids is 1. The third-order valence-corrected chi connectivity index (χ3v) is 2.62. The maximum Gasteiger partial charge on any atom is 0.254 e. The van der Waals surface area contributed by atoms with Gasteiger partial charge in [0.05, 0.1) is 6.61 Å². The van der Waals surface area contributed by atoms with Crippen molar-refractivity contribution in [1.29, 1.82) is 0 Å². The first-order valence-corrected chi connectivity index (χ1v) is 5.22. The Bertz CT molecular complexity index is 403. The molecule has 1 aliphatic heterocycles. The summed E-state index contributed by atoms with van der Waals surface area (Å²) in [4.78, 5) is 13.3. The SMILES string of the molecule is COCCOc1ccc2c(c1)CN(C)C2=O. The van der Waals surface area contributed by atoms with E-state index >= 15 is 0 Å². The van der Waals surface area contributed by atoms with E-state index in [1.165, 1.54) is 0 Å². The number of ether oxygens (including phenoxy) is 2. The molecule has 0 radical (unpaired) electrons. The lowest BCUT2D eigenvalue weighted by molar-refractivity contribution is 0.0816. The second-order valence-electron chi connectivity index (χ2n) is 3.82. The molecule has 4 heteroatoms. The van der Waals surface area contributed by atoms with Gasteiger partial charge in [-0.2, -0.15) is 0 Å². The van der Waals surface area contributed by atoms with Crippen LogP contribution in [0.2, 0.25) is 0 Å². The summed E-state index contributed by atoms with van der Waals surface area (Å²) in [7, 11) is 3.44. The number of hydrogen-bond acceptors (Lipinski definition) is 3. The molecule has 0 saturated heterocycles. The van der Waals surface area contributed by atoms with Crippen LogP contribution in [0.25, 0.3) is 0 Å². The monoisotopic (exact) mass is 221 g/mol. The summed E-state index contributed by atoms with van der Waals surface area (Å²) >= 11 is 0. The maximum atomic E-state index is 11.6. The molecule has 1 aromatic carbocycles. The molecule has 0 spiro atoms. The Hall–Kier alpha value is -1.55. The number of nitrogens with zero attached hydrogens (tertiary/aromatic N) is 1. The molecule has 0 aromatic heterocycles. The molecule has 0 unspecified atom stereocenters. The van der Waals surface area contributed by atoms with Crippen LogP contribution in [0.3, 0.4) is 0 Å². The molecule has 2 rings (SSSR count). The van der Waals surface area contributed by atoms with Gasteiger partial charge < -0.3 is 14.4 Å². The average Bonchev–Trinajstić information content (AvgIpc) is 2.55. The van der Waals surface area contributed by atoms with Gasteiger partial charge in [0, 0.05) is 26.3 Å². The fraction of sp³-hybridized carbons (Fsp3) is 0.417. The minimum absolute atomic E-state index is 0.0819. The van der Waals surface area contributed by atoms with Crippen molar-refractivity contribution >= 4 is 5.91 Å². The highest BCUT2D eigenvalue weighted by molar-refractivity contribution is 5.98. The van der Waals surface area contributed by atoms with Crippen LogP contribution in [0.5, 0.6) is 5.75 Å². The van der Waals surface area contributed by atoms with E-state index in [1.54, 1.807) is 19.1 Å². The molecular formula is C12H15NO3. The quantitative estimate of drug-likeness (QED) is 0.719. The second-order valence-corrected chi connectivity index (χ2v) is 3.82. The van der Waals surface area contributed by atoms with E-state index in [9.17, 15) is 4.79 Å². The zero-order valence-corrected chi connectivity index (χ0v) is 9.53. The van der Waals surface area contributed by atoms with Crippen molar-refractivity contribution in [3.8, 4) is 5.75 Å². The molecular weight excluding hydrogens is 206 g/mol. The number of benzene rings is 1. The summed E-state index contributed by atoms with van der Waals surface area (Å²) in [6.45, 7) is 1.75. The molecule has 16 heavy (non-hydrogen) atoms. The molecule has 1 amide bonds. The summed E-state index contributed by atoms with van der Waals surface area (Å²) in [6.07, 6.45) is 0.